The minimum absolute atomic E-state index is 0.0903. The zero-order valence-electron chi connectivity index (χ0n) is 19.8. The van der Waals surface area contributed by atoms with E-state index in [2.05, 4.69) is 22.6 Å². The number of hydrogen-bond acceptors (Lipinski definition) is 7. The van der Waals surface area contributed by atoms with E-state index in [1.807, 2.05) is 48.5 Å². The molecule has 0 saturated heterocycles. The van der Waals surface area contributed by atoms with E-state index in [4.69, 9.17) is 9.15 Å². The van der Waals surface area contributed by atoms with Gasteiger partial charge in [-0.25, -0.2) is 0 Å². The van der Waals surface area contributed by atoms with Crippen LogP contribution in [-0.4, -0.2) is 23.9 Å². The second-order valence-corrected chi connectivity index (χ2v) is 10.8. The first-order valence-corrected chi connectivity index (χ1v) is 13.4. The first-order chi connectivity index (χ1) is 17.7. The smallest absolute Gasteiger partial charge is 0.262 e. The number of oxime groups is 1. The lowest BCUT2D eigenvalue weighted by Crippen LogP contribution is -2.25. The molecule has 1 unspecified atom stereocenters. The number of rotatable bonds is 8. The fourth-order valence-corrected chi connectivity index (χ4v) is 6.99. The molecule has 0 bridgehead atoms. The Labute approximate surface area is 218 Å². The highest BCUT2D eigenvalue weighted by Crippen LogP contribution is 2.45. The highest BCUT2D eigenvalue weighted by atomic mass is 32.2. The molecule has 2 heterocycles. The first kappa shape index (κ1) is 24.2. The quantitative estimate of drug-likeness (QED) is 0.158. The minimum atomic E-state index is -0.146. The van der Waals surface area contributed by atoms with E-state index >= 15 is 0 Å². The second-order valence-electron chi connectivity index (χ2n) is 8.53. The van der Waals surface area contributed by atoms with Crippen molar-refractivity contribution >= 4 is 34.7 Å². The molecule has 1 aliphatic carbocycles. The number of nitrogens with one attached hydrogen (secondary N) is 1. The molecule has 0 spiro atoms. The lowest BCUT2D eigenvalue weighted by Gasteiger charge is -2.25. The van der Waals surface area contributed by atoms with Gasteiger partial charge in [0, 0.05) is 17.7 Å². The van der Waals surface area contributed by atoms with Gasteiger partial charge in [0.25, 0.3) is 5.91 Å². The summed E-state index contributed by atoms with van der Waals surface area (Å²) in [5.74, 6) is 2.20. The number of thiophene rings is 1. The normalized spacial score (nSPS) is 16.0. The Morgan fingerprint density at radius 2 is 1.94 bits per heavy atom. The van der Waals surface area contributed by atoms with Crippen molar-refractivity contribution < 1.29 is 19.2 Å². The Hall–Kier alpha value is -3.49. The standard InChI is InChI=1S/C28H26N2O4S2/c1-33-21-11-9-19(10-12-21)20-14-23-25(24(15-20)30-32)28(35-17-18-6-3-2-4-7-18)36-26(23)27(31)29-16-22-8-5-13-34-22/h2-13,20,32H,14-17H2,1H3,(H,29,31)/b30-24+. The van der Waals surface area contributed by atoms with E-state index in [-0.39, 0.29) is 11.8 Å². The second kappa shape index (κ2) is 11.1. The molecule has 1 amide bonds. The maximum atomic E-state index is 13.4. The summed E-state index contributed by atoms with van der Waals surface area (Å²) in [5, 5.41) is 16.7. The van der Waals surface area contributed by atoms with Gasteiger partial charge in [0.15, 0.2) is 0 Å². The minimum Gasteiger partial charge on any atom is -0.497 e. The third-order valence-electron chi connectivity index (χ3n) is 6.28. The summed E-state index contributed by atoms with van der Waals surface area (Å²) < 4.78 is 11.7. The van der Waals surface area contributed by atoms with Gasteiger partial charge in [-0.1, -0.05) is 47.6 Å². The Bertz CT molecular complexity index is 1350. The van der Waals surface area contributed by atoms with Crippen LogP contribution in [0.3, 0.4) is 0 Å². The summed E-state index contributed by atoms with van der Waals surface area (Å²) in [6.45, 7) is 0.313. The van der Waals surface area contributed by atoms with Crippen molar-refractivity contribution in [2.45, 2.75) is 35.3 Å². The number of hydrogen-bond donors (Lipinski definition) is 2. The molecule has 0 saturated carbocycles. The number of thioether (sulfide) groups is 1. The van der Waals surface area contributed by atoms with Crippen LogP contribution in [0.25, 0.3) is 0 Å². The van der Waals surface area contributed by atoms with Crippen LogP contribution in [0.5, 0.6) is 5.75 Å². The van der Waals surface area contributed by atoms with Gasteiger partial charge in [-0.3, -0.25) is 4.79 Å². The number of amides is 1. The van der Waals surface area contributed by atoms with Crippen LogP contribution >= 0.6 is 23.1 Å². The third kappa shape index (κ3) is 5.20. The van der Waals surface area contributed by atoms with E-state index in [1.54, 1.807) is 31.2 Å². The van der Waals surface area contributed by atoms with E-state index in [9.17, 15) is 10.0 Å². The molecule has 4 aromatic rings. The van der Waals surface area contributed by atoms with Gasteiger partial charge in [-0.05, 0) is 53.3 Å². The average molecular weight is 519 g/mol. The van der Waals surface area contributed by atoms with Crippen LogP contribution in [0.4, 0.5) is 0 Å². The van der Waals surface area contributed by atoms with Crippen LogP contribution in [0.1, 0.15) is 50.0 Å². The number of nitrogens with zero attached hydrogens (tertiary/aromatic N) is 1. The first-order valence-electron chi connectivity index (χ1n) is 11.6. The van der Waals surface area contributed by atoms with Crippen LogP contribution in [0.15, 0.2) is 86.8 Å². The molecule has 184 valence electrons. The van der Waals surface area contributed by atoms with E-state index in [1.165, 1.54) is 16.9 Å². The van der Waals surface area contributed by atoms with Crippen LogP contribution < -0.4 is 10.1 Å². The molecule has 0 aliphatic heterocycles. The number of fused-ring (bicyclic) bond motifs is 1. The van der Waals surface area contributed by atoms with Crippen LogP contribution in [0, 0.1) is 0 Å². The summed E-state index contributed by atoms with van der Waals surface area (Å²) in [4.78, 5) is 14.0. The molecule has 6 nitrogen and oxygen atoms in total. The zero-order chi connectivity index (χ0) is 24.9. The fraction of sp³-hybridized carbons (Fsp3) is 0.214. The summed E-state index contributed by atoms with van der Waals surface area (Å²) >= 11 is 3.15. The molecule has 8 heteroatoms. The summed E-state index contributed by atoms with van der Waals surface area (Å²) in [7, 11) is 1.64. The third-order valence-corrected chi connectivity index (χ3v) is 8.86. The van der Waals surface area contributed by atoms with E-state index in [0.29, 0.717) is 35.7 Å². The van der Waals surface area contributed by atoms with Crippen molar-refractivity contribution in [3.8, 4) is 5.75 Å². The summed E-state index contributed by atoms with van der Waals surface area (Å²) in [6.07, 6.45) is 2.88. The average Bonchev–Trinajstić information content (AvgIpc) is 3.59. The number of furan rings is 1. The Balaban J connectivity index is 1.48. The van der Waals surface area contributed by atoms with Crippen LogP contribution in [-0.2, 0) is 18.7 Å². The SMILES string of the molecule is COc1ccc(C2C/C(=N\O)c3c(SCc4ccccc4)sc(C(=O)NCc4ccco4)c3C2)cc1. The Morgan fingerprint density at radius 1 is 1.14 bits per heavy atom. The highest BCUT2D eigenvalue weighted by Gasteiger charge is 2.34. The number of methoxy groups -OCH3 is 1. The van der Waals surface area contributed by atoms with Crippen LogP contribution in [0.2, 0.25) is 0 Å². The number of carbonyl (C=O) groups excluding carboxylic acids is 1. The van der Waals surface area contributed by atoms with Gasteiger partial charge in [0.05, 0.1) is 34.7 Å². The highest BCUT2D eigenvalue weighted by molar-refractivity contribution is 8.00. The molecule has 0 fully saturated rings. The monoisotopic (exact) mass is 518 g/mol. The predicted octanol–water partition coefficient (Wildman–Crippen LogP) is 6.48. The van der Waals surface area contributed by atoms with Gasteiger partial charge in [-0.2, -0.15) is 0 Å². The molecule has 0 radical (unpaired) electrons. The topological polar surface area (TPSA) is 84.1 Å². The number of ether oxygens (including phenoxy) is 1. The zero-order valence-corrected chi connectivity index (χ0v) is 21.4. The van der Waals surface area contributed by atoms with Crippen molar-refractivity contribution in [1.82, 2.24) is 5.32 Å². The van der Waals surface area contributed by atoms with Gasteiger partial charge < -0.3 is 19.7 Å². The van der Waals surface area contributed by atoms with E-state index < -0.39 is 0 Å². The fourth-order valence-electron chi connectivity index (χ4n) is 4.45. The molecule has 1 aliphatic rings. The maximum Gasteiger partial charge on any atom is 0.262 e. The largest absolute Gasteiger partial charge is 0.497 e. The van der Waals surface area contributed by atoms with Gasteiger partial charge in [0.2, 0.25) is 0 Å². The van der Waals surface area contributed by atoms with E-state index in [0.717, 1.165) is 32.4 Å². The lowest BCUT2D eigenvalue weighted by molar-refractivity contribution is 0.0951. The molecular formula is C28H26N2O4S2. The van der Waals surface area contributed by atoms with Crippen molar-refractivity contribution in [2.75, 3.05) is 7.11 Å². The molecule has 36 heavy (non-hydrogen) atoms. The molecule has 2 aromatic carbocycles. The number of carbonyl (C=O) groups is 1. The van der Waals surface area contributed by atoms with Gasteiger partial charge in [0.1, 0.15) is 11.5 Å². The molecule has 2 aromatic heterocycles. The molecule has 2 N–H and O–H groups in total. The lowest BCUT2D eigenvalue weighted by atomic mass is 9.80. The van der Waals surface area contributed by atoms with Gasteiger partial charge in [-0.15, -0.1) is 23.1 Å². The molecular weight excluding hydrogens is 492 g/mol. The van der Waals surface area contributed by atoms with Crippen molar-refractivity contribution in [2.24, 2.45) is 5.16 Å². The maximum absolute atomic E-state index is 13.4. The van der Waals surface area contributed by atoms with Crippen molar-refractivity contribution in [1.29, 1.82) is 0 Å². The van der Waals surface area contributed by atoms with Gasteiger partial charge >= 0.3 is 0 Å². The Morgan fingerprint density at radius 3 is 2.64 bits per heavy atom. The molecule has 5 rings (SSSR count). The molecule has 1 atom stereocenters. The summed E-state index contributed by atoms with van der Waals surface area (Å²) in [6, 6.07) is 21.8. The predicted molar refractivity (Wildman–Crippen MR) is 143 cm³/mol. The van der Waals surface area contributed by atoms with Crippen molar-refractivity contribution in [3.05, 3.63) is 106 Å². The number of benzene rings is 2. The Kier molecular flexibility index (Phi) is 7.44. The summed E-state index contributed by atoms with van der Waals surface area (Å²) in [5.41, 5.74) is 4.77. The van der Waals surface area contributed by atoms with Crippen molar-refractivity contribution in [3.63, 3.8) is 0 Å².